The third kappa shape index (κ3) is 2.70. The molecule has 0 amide bonds. The molecule has 0 spiro atoms. The molecule has 104 valence electrons. The van der Waals surface area contributed by atoms with E-state index in [9.17, 15) is 0 Å². The van der Waals surface area contributed by atoms with Crippen LogP contribution in [0.5, 0.6) is 0 Å². The Labute approximate surface area is 116 Å². The van der Waals surface area contributed by atoms with Crippen molar-refractivity contribution in [2.24, 2.45) is 0 Å². The quantitative estimate of drug-likeness (QED) is 0.892. The molecule has 19 heavy (non-hydrogen) atoms. The van der Waals surface area contributed by atoms with Crippen LogP contribution in [0.15, 0.2) is 24.3 Å². The van der Waals surface area contributed by atoms with Gasteiger partial charge in [-0.05, 0) is 49.1 Å². The summed E-state index contributed by atoms with van der Waals surface area (Å²) >= 11 is 0. The summed E-state index contributed by atoms with van der Waals surface area (Å²) in [4.78, 5) is 0. The molecule has 4 atom stereocenters. The predicted octanol–water partition coefficient (Wildman–Crippen LogP) is 3.78. The van der Waals surface area contributed by atoms with Crippen molar-refractivity contribution >= 4 is 0 Å². The van der Waals surface area contributed by atoms with Gasteiger partial charge in [-0.25, -0.2) is 0 Å². The summed E-state index contributed by atoms with van der Waals surface area (Å²) in [7, 11) is 1.84. The van der Waals surface area contributed by atoms with E-state index in [1.165, 1.54) is 37.7 Å². The zero-order chi connectivity index (χ0) is 13.2. The molecule has 3 rings (SSSR count). The fourth-order valence-electron chi connectivity index (χ4n) is 3.77. The lowest BCUT2D eigenvalue weighted by Gasteiger charge is -2.32. The Morgan fingerprint density at radius 3 is 2.58 bits per heavy atom. The second-order valence-corrected chi connectivity index (χ2v) is 6.19. The Bertz CT molecular complexity index is 431. The number of fused-ring (bicyclic) bond motifs is 1. The van der Waals surface area contributed by atoms with Crippen molar-refractivity contribution in [3.63, 3.8) is 0 Å². The van der Waals surface area contributed by atoms with Crippen LogP contribution >= 0.6 is 0 Å². The predicted molar refractivity (Wildman–Crippen MR) is 78.4 cm³/mol. The van der Waals surface area contributed by atoms with Gasteiger partial charge in [0, 0.05) is 19.2 Å². The highest BCUT2D eigenvalue weighted by molar-refractivity contribution is 5.35. The highest BCUT2D eigenvalue weighted by atomic mass is 16.5. The first-order chi connectivity index (χ1) is 9.28. The van der Waals surface area contributed by atoms with E-state index in [0.29, 0.717) is 24.1 Å². The number of methoxy groups -OCH3 is 1. The van der Waals surface area contributed by atoms with E-state index in [4.69, 9.17) is 4.74 Å². The SMILES string of the molecule is COC1CCC(NC2CCC(C)c3ccccc32)C1. The van der Waals surface area contributed by atoms with Crippen molar-refractivity contribution in [2.45, 2.75) is 63.1 Å². The maximum absolute atomic E-state index is 5.48. The van der Waals surface area contributed by atoms with Crippen LogP contribution in [0.3, 0.4) is 0 Å². The molecule has 1 fully saturated rings. The molecule has 2 nitrogen and oxygen atoms in total. The Balaban J connectivity index is 1.71. The summed E-state index contributed by atoms with van der Waals surface area (Å²) in [6.07, 6.45) is 6.67. The zero-order valence-corrected chi connectivity index (χ0v) is 12.1. The molecule has 2 aliphatic rings. The fraction of sp³-hybridized carbons (Fsp3) is 0.647. The van der Waals surface area contributed by atoms with Crippen LogP contribution in [0.25, 0.3) is 0 Å². The molecule has 1 N–H and O–H groups in total. The number of hydrogen-bond acceptors (Lipinski definition) is 2. The van der Waals surface area contributed by atoms with Crippen LogP contribution in [-0.2, 0) is 4.74 Å². The molecule has 1 aromatic carbocycles. The Morgan fingerprint density at radius 1 is 1.05 bits per heavy atom. The van der Waals surface area contributed by atoms with Gasteiger partial charge in [-0.3, -0.25) is 0 Å². The van der Waals surface area contributed by atoms with Crippen molar-refractivity contribution < 1.29 is 4.74 Å². The number of hydrogen-bond donors (Lipinski definition) is 1. The van der Waals surface area contributed by atoms with Gasteiger partial charge < -0.3 is 10.1 Å². The molecule has 0 saturated heterocycles. The highest BCUT2D eigenvalue weighted by Crippen LogP contribution is 2.38. The van der Waals surface area contributed by atoms with Crippen LogP contribution in [0, 0.1) is 0 Å². The third-order valence-electron chi connectivity index (χ3n) is 4.95. The van der Waals surface area contributed by atoms with Gasteiger partial charge in [-0.15, -0.1) is 0 Å². The highest BCUT2D eigenvalue weighted by Gasteiger charge is 2.30. The van der Waals surface area contributed by atoms with Gasteiger partial charge in [0.15, 0.2) is 0 Å². The molecule has 1 saturated carbocycles. The van der Waals surface area contributed by atoms with Crippen LogP contribution < -0.4 is 5.32 Å². The number of ether oxygens (including phenoxy) is 1. The monoisotopic (exact) mass is 259 g/mol. The van der Waals surface area contributed by atoms with E-state index < -0.39 is 0 Å². The molecule has 0 bridgehead atoms. The third-order valence-corrected chi connectivity index (χ3v) is 4.95. The summed E-state index contributed by atoms with van der Waals surface area (Å²) in [5, 5.41) is 3.88. The normalized spacial score (nSPS) is 34.2. The summed E-state index contributed by atoms with van der Waals surface area (Å²) in [5.74, 6) is 0.713. The topological polar surface area (TPSA) is 21.3 Å². The molecule has 0 aromatic heterocycles. The second kappa shape index (κ2) is 5.64. The second-order valence-electron chi connectivity index (χ2n) is 6.19. The number of benzene rings is 1. The molecule has 2 aliphatic carbocycles. The minimum absolute atomic E-state index is 0.468. The summed E-state index contributed by atoms with van der Waals surface area (Å²) in [5.41, 5.74) is 3.08. The van der Waals surface area contributed by atoms with E-state index in [-0.39, 0.29) is 0 Å². The van der Waals surface area contributed by atoms with Crippen LogP contribution in [-0.4, -0.2) is 19.3 Å². The molecule has 0 heterocycles. The molecular formula is C17H25NO. The first-order valence-corrected chi connectivity index (χ1v) is 7.65. The standard InChI is InChI=1S/C17H25NO/c1-12-7-10-17(16-6-4-3-5-15(12)16)18-13-8-9-14(11-13)19-2/h3-6,12-14,17-18H,7-11H2,1-2H3. The molecule has 0 aliphatic heterocycles. The molecule has 4 unspecified atom stereocenters. The summed E-state index contributed by atoms with van der Waals surface area (Å²) in [6, 6.07) is 10.2. The van der Waals surface area contributed by atoms with Crippen molar-refractivity contribution in [3.8, 4) is 0 Å². The number of rotatable bonds is 3. The van der Waals surface area contributed by atoms with Crippen molar-refractivity contribution in [1.82, 2.24) is 5.32 Å². The average Bonchev–Trinajstić information content (AvgIpc) is 2.90. The minimum atomic E-state index is 0.468. The Morgan fingerprint density at radius 2 is 1.84 bits per heavy atom. The summed E-state index contributed by atoms with van der Waals surface area (Å²) in [6.45, 7) is 2.35. The van der Waals surface area contributed by atoms with Gasteiger partial charge in [0.25, 0.3) is 0 Å². The van der Waals surface area contributed by atoms with Crippen LogP contribution in [0.2, 0.25) is 0 Å². The molecule has 2 heteroatoms. The van der Waals surface area contributed by atoms with Crippen molar-refractivity contribution in [1.29, 1.82) is 0 Å². The Kier molecular flexibility index (Phi) is 3.90. The maximum atomic E-state index is 5.48. The molecule has 0 radical (unpaired) electrons. The average molecular weight is 259 g/mol. The zero-order valence-electron chi connectivity index (χ0n) is 12.1. The maximum Gasteiger partial charge on any atom is 0.0586 e. The van der Waals surface area contributed by atoms with Crippen LogP contribution in [0.1, 0.15) is 62.1 Å². The first kappa shape index (κ1) is 13.1. The minimum Gasteiger partial charge on any atom is -0.381 e. The van der Waals surface area contributed by atoms with Gasteiger partial charge in [0.2, 0.25) is 0 Å². The van der Waals surface area contributed by atoms with Gasteiger partial charge in [0.05, 0.1) is 6.10 Å². The van der Waals surface area contributed by atoms with Gasteiger partial charge in [-0.1, -0.05) is 31.2 Å². The van der Waals surface area contributed by atoms with Crippen LogP contribution in [0.4, 0.5) is 0 Å². The van der Waals surface area contributed by atoms with Gasteiger partial charge in [-0.2, -0.15) is 0 Å². The van der Waals surface area contributed by atoms with E-state index >= 15 is 0 Å². The lowest BCUT2D eigenvalue weighted by Crippen LogP contribution is -2.34. The number of nitrogens with one attached hydrogen (secondary N) is 1. The lowest BCUT2D eigenvalue weighted by atomic mass is 9.81. The lowest BCUT2D eigenvalue weighted by molar-refractivity contribution is 0.106. The van der Waals surface area contributed by atoms with Gasteiger partial charge >= 0.3 is 0 Å². The van der Waals surface area contributed by atoms with E-state index in [1.807, 2.05) is 7.11 Å². The first-order valence-electron chi connectivity index (χ1n) is 7.65. The van der Waals surface area contributed by atoms with E-state index in [1.54, 1.807) is 5.56 Å². The van der Waals surface area contributed by atoms with E-state index in [0.717, 1.165) is 0 Å². The molecular weight excluding hydrogens is 234 g/mol. The van der Waals surface area contributed by atoms with Gasteiger partial charge in [0.1, 0.15) is 0 Å². The largest absolute Gasteiger partial charge is 0.381 e. The smallest absolute Gasteiger partial charge is 0.0586 e. The summed E-state index contributed by atoms with van der Waals surface area (Å²) < 4.78 is 5.48. The molecule has 1 aromatic rings. The fourth-order valence-corrected chi connectivity index (χ4v) is 3.77. The van der Waals surface area contributed by atoms with E-state index in [2.05, 4.69) is 36.5 Å². The Hall–Kier alpha value is -0.860. The van der Waals surface area contributed by atoms with Crippen molar-refractivity contribution in [3.05, 3.63) is 35.4 Å². The van der Waals surface area contributed by atoms with Crippen molar-refractivity contribution in [2.75, 3.05) is 7.11 Å².